The lowest BCUT2D eigenvalue weighted by Gasteiger charge is -2.12. The third-order valence-corrected chi connectivity index (χ3v) is 2.41. The van der Waals surface area contributed by atoms with Crippen LogP contribution < -0.4 is 5.73 Å². The van der Waals surface area contributed by atoms with Gasteiger partial charge >= 0.3 is 0 Å². The summed E-state index contributed by atoms with van der Waals surface area (Å²) in [5.41, 5.74) is 6.50. The smallest absolute Gasteiger partial charge is 0.130 e. The molecule has 2 nitrogen and oxygen atoms in total. The first-order valence-electron chi connectivity index (χ1n) is 4.89. The zero-order valence-electron chi connectivity index (χ0n) is 8.49. The van der Waals surface area contributed by atoms with Crippen molar-refractivity contribution in [1.82, 2.24) is 0 Å². The Hall–Kier alpha value is -1.68. The molecular weight excluding hydrogens is 212 g/mol. The highest BCUT2D eigenvalue weighted by Crippen LogP contribution is 2.22. The molecule has 4 heteroatoms. The van der Waals surface area contributed by atoms with E-state index in [0.717, 1.165) is 5.56 Å². The van der Waals surface area contributed by atoms with E-state index in [1.165, 1.54) is 30.7 Å². The minimum absolute atomic E-state index is 0.0799. The highest BCUT2D eigenvalue weighted by molar-refractivity contribution is 5.25. The van der Waals surface area contributed by atoms with Gasteiger partial charge in [-0.1, -0.05) is 6.07 Å². The van der Waals surface area contributed by atoms with Crippen LogP contribution in [0.15, 0.2) is 41.2 Å². The highest BCUT2D eigenvalue weighted by atomic mass is 19.1. The second kappa shape index (κ2) is 4.45. The highest BCUT2D eigenvalue weighted by Gasteiger charge is 2.16. The van der Waals surface area contributed by atoms with Crippen LogP contribution >= 0.6 is 0 Å². The van der Waals surface area contributed by atoms with Gasteiger partial charge in [0.15, 0.2) is 0 Å². The van der Waals surface area contributed by atoms with Gasteiger partial charge in [0.05, 0.1) is 12.5 Å². The molecule has 0 saturated heterocycles. The number of furan rings is 1. The molecule has 0 radical (unpaired) electrons. The molecule has 1 atom stereocenters. The van der Waals surface area contributed by atoms with E-state index in [0.29, 0.717) is 6.42 Å². The zero-order valence-corrected chi connectivity index (χ0v) is 8.49. The lowest BCUT2D eigenvalue weighted by atomic mass is 10.0. The summed E-state index contributed by atoms with van der Waals surface area (Å²) in [5.74, 6) is -1.23. The van der Waals surface area contributed by atoms with Crippen molar-refractivity contribution in [3.63, 3.8) is 0 Å². The molecule has 2 aromatic rings. The Morgan fingerprint density at radius 2 is 1.88 bits per heavy atom. The number of benzene rings is 1. The summed E-state index contributed by atoms with van der Waals surface area (Å²) in [6, 6.07) is 4.73. The van der Waals surface area contributed by atoms with Crippen LogP contribution in [0.3, 0.4) is 0 Å². The van der Waals surface area contributed by atoms with Crippen LogP contribution in [0, 0.1) is 11.6 Å². The average Bonchev–Trinajstić information content (AvgIpc) is 2.70. The molecule has 1 aromatic heterocycles. The summed E-state index contributed by atoms with van der Waals surface area (Å²) < 4.78 is 31.6. The number of hydrogen-bond donors (Lipinski definition) is 1. The van der Waals surface area contributed by atoms with Gasteiger partial charge in [-0.05, 0) is 30.2 Å². The van der Waals surface area contributed by atoms with Gasteiger partial charge in [-0.25, -0.2) is 8.78 Å². The van der Waals surface area contributed by atoms with E-state index in [9.17, 15) is 8.78 Å². The van der Waals surface area contributed by atoms with Crippen molar-refractivity contribution in [2.75, 3.05) is 0 Å². The van der Waals surface area contributed by atoms with E-state index in [2.05, 4.69) is 0 Å². The number of nitrogens with two attached hydrogens (primary N) is 1. The van der Waals surface area contributed by atoms with Crippen molar-refractivity contribution in [1.29, 1.82) is 0 Å². The Labute approximate surface area is 91.7 Å². The van der Waals surface area contributed by atoms with Gasteiger partial charge in [0.2, 0.25) is 0 Å². The fourth-order valence-corrected chi connectivity index (χ4v) is 1.63. The molecule has 16 heavy (non-hydrogen) atoms. The molecular formula is C12H11F2NO. The molecule has 0 saturated carbocycles. The standard InChI is InChI=1S/C12H11F2NO/c13-9-2-1-3-10(14)12(9)11(15)6-8-4-5-16-7-8/h1-5,7,11H,6,15H2. The molecule has 84 valence electrons. The summed E-state index contributed by atoms with van der Waals surface area (Å²) in [4.78, 5) is 0. The maximum absolute atomic E-state index is 13.4. The van der Waals surface area contributed by atoms with Crippen molar-refractivity contribution < 1.29 is 13.2 Å². The Morgan fingerprint density at radius 3 is 2.44 bits per heavy atom. The van der Waals surface area contributed by atoms with Crippen molar-refractivity contribution in [3.8, 4) is 0 Å². The monoisotopic (exact) mass is 223 g/mol. The minimum Gasteiger partial charge on any atom is -0.472 e. The zero-order chi connectivity index (χ0) is 11.5. The van der Waals surface area contributed by atoms with E-state index < -0.39 is 17.7 Å². The summed E-state index contributed by atoms with van der Waals surface area (Å²) in [6.45, 7) is 0. The van der Waals surface area contributed by atoms with E-state index >= 15 is 0 Å². The fourth-order valence-electron chi connectivity index (χ4n) is 1.63. The SMILES string of the molecule is NC(Cc1ccoc1)c1c(F)cccc1F. The molecule has 1 unspecified atom stereocenters. The first-order chi connectivity index (χ1) is 7.68. The molecule has 0 aliphatic rings. The molecule has 0 amide bonds. The van der Waals surface area contributed by atoms with Crippen molar-refractivity contribution in [2.45, 2.75) is 12.5 Å². The molecule has 2 rings (SSSR count). The predicted octanol–water partition coefficient (Wildman–Crippen LogP) is 2.80. The van der Waals surface area contributed by atoms with Gasteiger partial charge < -0.3 is 10.2 Å². The van der Waals surface area contributed by atoms with Gasteiger partial charge in [0, 0.05) is 11.6 Å². The van der Waals surface area contributed by atoms with Gasteiger partial charge in [-0.3, -0.25) is 0 Å². The molecule has 0 spiro atoms. The number of halogens is 2. The lowest BCUT2D eigenvalue weighted by Crippen LogP contribution is -2.16. The van der Waals surface area contributed by atoms with Gasteiger partial charge in [0.1, 0.15) is 11.6 Å². The van der Waals surface area contributed by atoms with E-state index in [4.69, 9.17) is 10.2 Å². The largest absolute Gasteiger partial charge is 0.472 e. The van der Waals surface area contributed by atoms with Crippen molar-refractivity contribution >= 4 is 0 Å². The lowest BCUT2D eigenvalue weighted by molar-refractivity contribution is 0.521. The number of rotatable bonds is 3. The molecule has 1 heterocycles. The first kappa shape index (κ1) is 10.8. The molecule has 0 fully saturated rings. The quantitative estimate of drug-likeness (QED) is 0.868. The van der Waals surface area contributed by atoms with Crippen LogP contribution in [0.2, 0.25) is 0 Å². The molecule has 2 N–H and O–H groups in total. The predicted molar refractivity (Wildman–Crippen MR) is 55.7 cm³/mol. The van der Waals surface area contributed by atoms with Gasteiger partial charge in [-0.2, -0.15) is 0 Å². The first-order valence-corrected chi connectivity index (χ1v) is 4.89. The van der Waals surface area contributed by atoms with Crippen LogP contribution in [0.5, 0.6) is 0 Å². The Kier molecular flexibility index (Phi) is 3.01. The average molecular weight is 223 g/mol. The van der Waals surface area contributed by atoms with Gasteiger partial charge in [0.25, 0.3) is 0 Å². The minimum atomic E-state index is -0.709. The Bertz CT molecular complexity index is 448. The van der Waals surface area contributed by atoms with E-state index in [1.807, 2.05) is 0 Å². The van der Waals surface area contributed by atoms with Crippen LogP contribution in [-0.2, 0) is 6.42 Å². The molecule has 0 aliphatic heterocycles. The fraction of sp³-hybridized carbons (Fsp3) is 0.167. The Balaban J connectivity index is 2.24. The molecule has 1 aromatic carbocycles. The van der Waals surface area contributed by atoms with Crippen LogP contribution in [0.1, 0.15) is 17.2 Å². The topological polar surface area (TPSA) is 39.2 Å². The summed E-state index contributed by atoms with van der Waals surface area (Å²) >= 11 is 0. The van der Waals surface area contributed by atoms with Crippen LogP contribution in [0.25, 0.3) is 0 Å². The molecule has 0 aliphatic carbocycles. The molecule has 0 bridgehead atoms. The third kappa shape index (κ3) is 2.12. The van der Waals surface area contributed by atoms with Crippen LogP contribution in [0.4, 0.5) is 8.78 Å². The van der Waals surface area contributed by atoms with E-state index in [-0.39, 0.29) is 5.56 Å². The maximum Gasteiger partial charge on any atom is 0.130 e. The number of hydrogen-bond acceptors (Lipinski definition) is 2. The van der Waals surface area contributed by atoms with E-state index in [1.54, 1.807) is 6.07 Å². The van der Waals surface area contributed by atoms with Crippen molar-refractivity contribution in [2.24, 2.45) is 5.73 Å². The summed E-state index contributed by atoms with van der Waals surface area (Å²) in [5, 5.41) is 0. The third-order valence-electron chi connectivity index (χ3n) is 2.41. The maximum atomic E-state index is 13.4. The second-order valence-corrected chi connectivity index (χ2v) is 3.58. The van der Waals surface area contributed by atoms with Gasteiger partial charge in [-0.15, -0.1) is 0 Å². The summed E-state index contributed by atoms with van der Waals surface area (Å²) in [6.07, 6.45) is 3.35. The Morgan fingerprint density at radius 1 is 1.19 bits per heavy atom. The second-order valence-electron chi connectivity index (χ2n) is 3.58. The normalized spacial score (nSPS) is 12.7. The summed E-state index contributed by atoms with van der Waals surface area (Å²) in [7, 11) is 0. The van der Waals surface area contributed by atoms with Crippen molar-refractivity contribution in [3.05, 3.63) is 59.6 Å². The van der Waals surface area contributed by atoms with Crippen LogP contribution in [-0.4, -0.2) is 0 Å².